The summed E-state index contributed by atoms with van der Waals surface area (Å²) in [7, 11) is 0. The van der Waals surface area contributed by atoms with Crippen LogP contribution in [0.5, 0.6) is 0 Å². The highest BCUT2D eigenvalue weighted by Gasteiger charge is 2.21. The Labute approximate surface area is 519 Å². The molecule has 494 valence electrons. The zero-order valence-corrected chi connectivity index (χ0v) is 57.3. The van der Waals surface area contributed by atoms with Crippen LogP contribution >= 0.6 is 12.4 Å². The van der Waals surface area contributed by atoms with E-state index in [1.54, 1.807) is 0 Å². The van der Waals surface area contributed by atoms with Crippen LogP contribution in [0.1, 0.15) is 332 Å². The number of unbranched alkanes of at least 4 members (excludes halogenated alkanes) is 36. The van der Waals surface area contributed by atoms with Crippen LogP contribution in [0.3, 0.4) is 0 Å². The quantitative estimate of drug-likeness (QED) is 0.0230. The molecule has 0 aromatic heterocycles. The van der Waals surface area contributed by atoms with Gasteiger partial charge in [0, 0.05) is 45.0 Å². The third-order valence-corrected chi connectivity index (χ3v) is 14.3. The van der Waals surface area contributed by atoms with E-state index in [1.807, 2.05) is 13.8 Å². The second-order valence-corrected chi connectivity index (χ2v) is 24.7. The molecule has 1 heterocycles. The first-order valence-electron chi connectivity index (χ1n) is 35.4. The third-order valence-electron chi connectivity index (χ3n) is 14.3. The highest BCUT2D eigenvalue weighted by atomic mass is 35.5. The van der Waals surface area contributed by atoms with E-state index in [4.69, 9.17) is 24.7 Å². The number of nitrogens with two attached hydrogens (primary N) is 1. The number of nitrogens with one attached hydrogen (secondary N) is 2. The highest BCUT2D eigenvalue weighted by Crippen LogP contribution is 2.14. The van der Waals surface area contributed by atoms with Crippen LogP contribution in [0, 0.1) is 0 Å². The van der Waals surface area contributed by atoms with Gasteiger partial charge < -0.3 is 45.5 Å². The van der Waals surface area contributed by atoms with Gasteiger partial charge in [-0.2, -0.15) is 0 Å². The minimum absolute atomic E-state index is 0. The summed E-state index contributed by atoms with van der Waals surface area (Å²) in [6, 6.07) is 1.16. The third kappa shape index (κ3) is 92.9. The van der Waals surface area contributed by atoms with Crippen molar-refractivity contribution in [1.82, 2.24) is 10.6 Å². The first kappa shape index (κ1) is 87.6. The van der Waals surface area contributed by atoms with Crippen molar-refractivity contribution in [3.63, 3.8) is 0 Å². The Morgan fingerprint density at radius 3 is 0.841 bits per heavy atom. The molecule has 82 heavy (non-hydrogen) atoms. The number of epoxide rings is 1. The Bertz CT molecular complexity index is 1140. The van der Waals surface area contributed by atoms with Gasteiger partial charge in [-0.05, 0) is 102 Å². The fraction of sp³-hybridized carbons (Fsp3) is 0.917. The van der Waals surface area contributed by atoms with E-state index in [-0.39, 0.29) is 24.6 Å². The van der Waals surface area contributed by atoms with Crippen LogP contribution in [0.15, 0.2) is 36.5 Å². The number of allylic oxidation sites excluding steroid dienone is 6. The minimum Gasteiger partial charge on any atom is -0.389 e. The van der Waals surface area contributed by atoms with Crippen molar-refractivity contribution >= 4 is 12.4 Å². The summed E-state index contributed by atoms with van der Waals surface area (Å²) in [5, 5.41) is 25.9. The van der Waals surface area contributed by atoms with Gasteiger partial charge in [-0.25, -0.2) is 0 Å². The molecule has 0 aliphatic carbocycles. The summed E-state index contributed by atoms with van der Waals surface area (Å²) in [6.07, 6.45) is 70.2. The molecule has 3 unspecified atom stereocenters. The Morgan fingerprint density at radius 1 is 0.390 bits per heavy atom. The van der Waals surface area contributed by atoms with Gasteiger partial charge in [-0.1, -0.05) is 272 Å². The standard InChI is InChI=1S/2C24H49NO2.C21H40O2.C3H9N.ClH/c2*1-4-5-6-7-8-9-10-11-12-13-14-15-16-17-18-19-20-27-22-24(26)21-25-23(2)3;1-2-3-4-5-6-7-8-9-10-11-12-13-14-15-16-17-18-22-19-21-20-23-21;1-3(2)4;/h2*11-12,23-26H,4-10,13-22H2,1-3H3;9-10,21H,2-8,11-20H2,1H3;3H,4H2,1-2H3;1H/b2*12-11-;10-9-;;. The van der Waals surface area contributed by atoms with Crippen molar-refractivity contribution in [2.24, 2.45) is 5.73 Å². The van der Waals surface area contributed by atoms with E-state index >= 15 is 0 Å². The lowest BCUT2D eigenvalue weighted by atomic mass is 10.1. The first-order valence-corrected chi connectivity index (χ1v) is 35.4. The number of rotatable bonds is 60. The summed E-state index contributed by atoms with van der Waals surface area (Å²) in [5.74, 6) is 0. The summed E-state index contributed by atoms with van der Waals surface area (Å²) < 4.78 is 21.7. The van der Waals surface area contributed by atoms with Crippen molar-refractivity contribution in [1.29, 1.82) is 0 Å². The maximum Gasteiger partial charge on any atom is 0.104 e. The van der Waals surface area contributed by atoms with Crippen LogP contribution in [-0.2, 0) is 18.9 Å². The number of halogens is 1. The molecule has 6 N–H and O–H groups in total. The Kier molecular flexibility index (Phi) is 83.5. The summed E-state index contributed by atoms with van der Waals surface area (Å²) >= 11 is 0. The van der Waals surface area contributed by atoms with Gasteiger partial charge in [0.15, 0.2) is 0 Å². The molecule has 1 aliphatic heterocycles. The molecule has 0 aromatic carbocycles. The van der Waals surface area contributed by atoms with Gasteiger partial charge in [0.1, 0.15) is 6.10 Å². The summed E-state index contributed by atoms with van der Waals surface area (Å²) in [6.45, 7) is 25.4. The average Bonchev–Trinajstić information content (AvgIpc) is 4.28. The van der Waals surface area contributed by atoms with Gasteiger partial charge in [-0.15, -0.1) is 12.4 Å². The molecule has 0 aromatic rings. The lowest BCUT2D eigenvalue weighted by molar-refractivity contribution is 0.0346. The van der Waals surface area contributed by atoms with E-state index < -0.39 is 0 Å². The molecule has 3 atom stereocenters. The normalized spacial score (nSPS) is 13.9. The minimum atomic E-state index is -0.387. The molecule has 1 rings (SSSR count). The Hall–Kier alpha value is -0.850. The molecule has 1 aliphatic rings. The molecular weight excluding hydrogens is 1040 g/mol. The van der Waals surface area contributed by atoms with E-state index in [9.17, 15) is 10.2 Å². The van der Waals surface area contributed by atoms with Gasteiger partial charge in [-0.3, -0.25) is 0 Å². The highest BCUT2D eigenvalue weighted by molar-refractivity contribution is 5.85. The fourth-order valence-electron chi connectivity index (χ4n) is 9.03. The van der Waals surface area contributed by atoms with Crippen LogP contribution in [0.25, 0.3) is 0 Å². The monoisotopic (exact) mass is 1190 g/mol. The van der Waals surface area contributed by atoms with E-state index in [2.05, 4.69) is 95.6 Å². The number of hydrogen-bond acceptors (Lipinski definition) is 9. The van der Waals surface area contributed by atoms with Crippen LogP contribution in [0.4, 0.5) is 0 Å². The van der Waals surface area contributed by atoms with Crippen molar-refractivity contribution in [2.75, 3.05) is 59.3 Å². The van der Waals surface area contributed by atoms with Crippen molar-refractivity contribution in [2.45, 2.75) is 368 Å². The lowest BCUT2D eigenvalue weighted by Gasteiger charge is -2.14. The number of hydrogen-bond donors (Lipinski definition) is 5. The predicted octanol–water partition coefficient (Wildman–Crippen LogP) is 20.0. The first-order chi connectivity index (χ1) is 39.5. The smallest absolute Gasteiger partial charge is 0.104 e. The largest absolute Gasteiger partial charge is 0.389 e. The van der Waals surface area contributed by atoms with E-state index in [1.165, 1.54) is 257 Å². The summed E-state index contributed by atoms with van der Waals surface area (Å²) in [4.78, 5) is 0. The molecule has 0 saturated carbocycles. The van der Waals surface area contributed by atoms with Crippen LogP contribution in [0.2, 0.25) is 0 Å². The molecule has 0 radical (unpaired) electrons. The number of aliphatic hydroxyl groups excluding tert-OH is 2. The zero-order valence-electron chi connectivity index (χ0n) is 56.5. The second-order valence-electron chi connectivity index (χ2n) is 24.7. The zero-order chi connectivity index (χ0) is 60.0. The molecule has 0 bridgehead atoms. The van der Waals surface area contributed by atoms with E-state index in [0.717, 1.165) is 45.9 Å². The van der Waals surface area contributed by atoms with Gasteiger partial charge >= 0.3 is 0 Å². The van der Waals surface area contributed by atoms with Gasteiger partial charge in [0.05, 0.1) is 38.6 Å². The Morgan fingerprint density at radius 2 is 0.610 bits per heavy atom. The van der Waals surface area contributed by atoms with Crippen molar-refractivity contribution in [3.05, 3.63) is 36.5 Å². The predicted molar refractivity (Wildman–Crippen MR) is 365 cm³/mol. The van der Waals surface area contributed by atoms with Crippen LogP contribution in [-0.4, -0.2) is 106 Å². The van der Waals surface area contributed by atoms with Gasteiger partial charge in [0.25, 0.3) is 0 Å². The molecule has 1 saturated heterocycles. The summed E-state index contributed by atoms with van der Waals surface area (Å²) in [5.41, 5.74) is 5.11. The van der Waals surface area contributed by atoms with Crippen molar-refractivity contribution in [3.8, 4) is 0 Å². The topological polar surface area (TPSA) is 131 Å². The molecule has 10 heteroatoms. The van der Waals surface area contributed by atoms with Gasteiger partial charge in [0.2, 0.25) is 0 Å². The van der Waals surface area contributed by atoms with Crippen LogP contribution < -0.4 is 16.4 Å². The molecule has 0 spiro atoms. The fourth-order valence-corrected chi connectivity index (χ4v) is 9.03. The Balaban J connectivity index is -0.000000536. The molecule has 0 amide bonds. The maximum atomic E-state index is 9.74. The maximum absolute atomic E-state index is 9.74. The number of aliphatic hydroxyl groups is 2. The molecule has 9 nitrogen and oxygen atoms in total. The molecule has 1 fully saturated rings. The van der Waals surface area contributed by atoms with Crippen molar-refractivity contribution < 1.29 is 29.2 Å². The SMILES string of the molecule is CC(C)N.CCCCCCCC/C=C\CCCCCCCCOCC(O)CNC(C)C.CCCCCCCC/C=C\CCCCCCCCOCC(O)CNC(C)C.CCCCCCCC/C=C\CCCCCCCCOCC1CO1.Cl. The number of ether oxygens (including phenoxy) is 4. The lowest BCUT2D eigenvalue weighted by Crippen LogP contribution is -2.34. The average molecular weight is 1190 g/mol. The van der Waals surface area contributed by atoms with E-state index in [0.29, 0.717) is 50.5 Å². The second kappa shape index (κ2) is 78.2. The molecular formula is C72H148ClN3O6.